The maximum atomic E-state index is 14.1. The fraction of sp³-hybridized carbons (Fsp3) is 0.345. The van der Waals surface area contributed by atoms with Gasteiger partial charge in [-0.15, -0.1) is 21.5 Å². The number of nitrogens with one attached hydrogen (secondary N) is 1. The van der Waals surface area contributed by atoms with Crippen LogP contribution in [0.25, 0.3) is 11.4 Å². The maximum Gasteiger partial charge on any atom is 0.251 e. The van der Waals surface area contributed by atoms with Crippen molar-refractivity contribution in [3.63, 3.8) is 0 Å². The lowest BCUT2D eigenvalue weighted by Crippen LogP contribution is -2.47. The molecule has 2 aromatic heterocycles. The van der Waals surface area contributed by atoms with Gasteiger partial charge in [0.15, 0.2) is 0 Å². The number of amides is 2. The second-order valence-electron chi connectivity index (χ2n) is 9.97. The van der Waals surface area contributed by atoms with Gasteiger partial charge in [-0.1, -0.05) is 60.9 Å². The first-order chi connectivity index (χ1) is 18.4. The second-order valence-corrected chi connectivity index (χ2v) is 11.0. The first-order valence-electron chi connectivity index (χ1n) is 13.0. The van der Waals surface area contributed by atoms with Crippen molar-refractivity contribution < 1.29 is 9.59 Å². The number of hydrogen-bond donors (Lipinski definition) is 1. The highest BCUT2D eigenvalue weighted by Gasteiger charge is 2.36. The van der Waals surface area contributed by atoms with Crippen LogP contribution in [-0.4, -0.2) is 38.1 Å². The molecule has 0 bridgehead atoms. The molecule has 2 amide bonds. The van der Waals surface area contributed by atoms with Crippen molar-refractivity contribution in [2.24, 2.45) is 0 Å². The molecule has 1 unspecified atom stereocenters. The van der Waals surface area contributed by atoms with E-state index in [2.05, 4.69) is 20.7 Å². The Morgan fingerprint density at radius 1 is 1.05 bits per heavy atom. The molecule has 0 radical (unpaired) electrons. The summed E-state index contributed by atoms with van der Waals surface area (Å²) in [4.78, 5) is 31.6. The van der Waals surface area contributed by atoms with Crippen LogP contribution in [0.5, 0.6) is 0 Å². The predicted octanol–water partition coefficient (Wildman–Crippen LogP) is 5.16. The quantitative estimate of drug-likeness (QED) is 0.341. The smallest absolute Gasteiger partial charge is 0.251 e. The molecule has 38 heavy (non-hydrogen) atoms. The van der Waals surface area contributed by atoms with Crippen molar-refractivity contribution >= 4 is 28.8 Å². The zero-order valence-electron chi connectivity index (χ0n) is 21.9. The minimum Gasteiger partial charge on any atom is -0.351 e. The van der Waals surface area contributed by atoms with E-state index < -0.39 is 6.04 Å². The lowest BCUT2D eigenvalue weighted by molar-refractivity contribution is -0.127. The van der Waals surface area contributed by atoms with Crippen LogP contribution in [0.4, 0.5) is 5.69 Å². The third-order valence-electron chi connectivity index (χ3n) is 6.95. The van der Waals surface area contributed by atoms with Gasteiger partial charge in [0, 0.05) is 22.2 Å². The summed E-state index contributed by atoms with van der Waals surface area (Å²) >= 11 is 1.47. The highest BCUT2D eigenvalue weighted by molar-refractivity contribution is 7.10. The molecular formula is C29H32N6O2S. The molecule has 1 atom stereocenters. The van der Waals surface area contributed by atoms with Gasteiger partial charge < -0.3 is 5.32 Å². The van der Waals surface area contributed by atoms with E-state index in [1.807, 2.05) is 80.7 Å². The monoisotopic (exact) mass is 528 g/mol. The molecule has 1 saturated carbocycles. The maximum absolute atomic E-state index is 14.1. The van der Waals surface area contributed by atoms with Gasteiger partial charge in [0.2, 0.25) is 11.7 Å². The summed E-state index contributed by atoms with van der Waals surface area (Å²) < 4.78 is 0. The Labute approximate surface area is 226 Å². The standard InChI is InChI=1S/C29H32N6O2S/c1-19-11-14-22(15-12-19)28-31-33-34(32-28)18-26(36)35(24-17-20(2)10-13-21(24)3)27(25-9-6-16-38-25)29(37)30-23-7-4-5-8-23/h6,9-17,23,27H,4-5,7-8,18H2,1-3H3,(H,30,37). The number of tetrazole rings is 1. The average Bonchev–Trinajstić information content (AvgIpc) is 3.68. The highest BCUT2D eigenvalue weighted by Crippen LogP contribution is 2.34. The van der Waals surface area contributed by atoms with Gasteiger partial charge in [-0.3, -0.25) is 14.5 Å². The van der Waals surface area contributed by atoms with Crippen LogP contribution >= 0.6 is 11.3 Å². The minimum atomic E-state index is -0.802. The molecule has 4 aromatic rings. The van der Waals surface area contributed by atoms with Gasteiger partial charge in [0.25, 0.3) is 5.91 Å². The summed E-state index contributed by atoms with van der Waals surface area (Å²) in [5, 5.41) is 17.9. The van der Waals surface area contributed by atoms with Crippen LogP contribution in [0.15, 0.2) is 60.0 Å². The molecule has 2 aromatic carbocycles. The Morgan fingerprint density at radius 2 is 1.79 bits per heavy atom. The third kappa shape index (κ3) is 5.67. The topological polar surface area (TPSA) is 93.0 Å². The zero-order valence-corrected chi connectivity index (χ0v) is 22.7. The van der Waals surface area contributed by atoms with Crippen molar-refractivity contribution in [3.05, 3.63) is 81.5 Å². The number of aryl methyl sites for hydroxylation is 3. The summed E-state index contributed by atoms with van der Waals surface area (Å²) in [5.41, 5.74) is 4.58. The molecule has 1 aliphatic carbocycles. The number of carbonyl (C=O) groups excluding carboxylic acids is 2. The van der Waals surface area contributed by atoms with E-state index >= 15 is 0 Å². The van der Waals surface area contributed by atoms with Crippen LogP contribution < -0.4 is 10.2 Å². The van der Waals surface area contributed by atoms with E-state index in [0.29, 0.717) is 11.5 Å². The first-order valence-corrected chi connectivity index (χ1v) is 13.8. The predicted molar refractivity (Wildman–Crippen MR) is 149 cm³/mol. The summed E-state index contributed by atoms with van der Waals surface area (Å²) in [5.74, 6) is -0.00287. The van der Waals surface area contributed by atoms with Crippen molar-refractivity contribution in [2.45, 2.75) is 65.1 Å². The summed E-state index contributed by atoms with van der Waals surface area (Å²) in [6, 6.07) is 16.9. The molecule has 1 fully saturated rings. The van der Waals surface area contributed by atoms with Gasteiger partial charge in [-0.2, -0.15) is 4.80 Å². The largest absolute Gasteiger partial charge is 0.351 e. The molecule has 0 saturated heterocycles. The Kier molecular flexibility index (Phi) is 7.64. The van der Waals surface area contributed by atoms with Crippen molar-refractivity contribution in [2.75, 3.05) is 4.90 Å². The number of nitrogens with zero attached hydrogens (tertiary/aromatic N) is 5. The Morgan fingerprint density at radius 3 is 2.50 bits per heavy atom. The Hall–Kier alpha value is -3.85. The molecule has 196 valence electrons. The van der Waals surface area contributed by atoms with E-state index in [0.717, 1.165) is 52.8 Å². The number of rotatable bonds is 8. The van der Waals surface area contributed by atoms with Gasteiger partial charge in [-0.05, 0) is 67.5 Å². The van der Waals surface area contributed by atoms with Crippen LogP contribution in [-0.2, 0) is 16.1 Å². The molecule has 8 nitrogen and oxygen atoms in total. The minimum absolute atomic E-state index is 0.134. The lowest BCUT2D eigenvalue weighted by Gasteiger charge is -2.32. The number of aromatic nitrogens is 4. The van der Waals surface area contributed by atoms with E-state index in [4.69, 9.17) is 0 Å². The molecule has 0 spiro atoms. The molecule has 9 heteroatoms. The zero-order chi connectivity index (χ0) is 26.6. The van der Waals surface area contributed by atoms with Gasteiger partial charge >= 0.3 is 0 Å². The van der Waals surface area contributed by atoms with Gasteiger partial charge in [-0.25, -0.2) is 0 Å². The van der Waals surface area contributed by atoms with E-state index in [-0.39, 0.29) is 24.4 Å². The van der Waals surface area contributed by atoms with Crippen LogP contribution in [0.2, 0.25) is 0 Å². The Bertz CT molecular complexity index is 1410. The summed E-state index contributed by atoms with van der Waals surface area (Å²) in [6.45, 7) is 5.81. The van der Waals surface area contributed by atoms with Crippen molar-refractivity contribution in [3.8, 4) is 11.4 Å². The number of hydrogen-bond acceptors (Lipinski definition) is 6. The molecular weight excluding hydrogens is 496 g/mol. The number of benzene rings is 2. The molecule has 2 heterocycles. The summed E-state index contributed by atoms with van der Waals surface area (Å²) in [7, 11) is 0. The molecule has 5 rings (SSSR count). The van der Waals surface area contributed by atoms with Crippen LogP contribution in [0.1, 0.15) is 53.3 Å². The third-order valence-corrected chi connectivity index (χ3v) is 7.88. The van der Waals surface area contributed by atoms with Gasteiger partial charge in [0.05, 0.1) is 0 Å². The number of thiophene rings is 1. The fourth-order valence-corrected chi connectivity index (χ4v) is 5.71. The van der Waals surface area contributed by atoms with E-state index in [1.54, 1.807) is 4.90 Å². The number of anilines is 1. The van der Waals surface area contributed by atoms with Crippen molar-refractivity contribution in [1.82, 2.24) is 25.5 Å². The van der Waals surface area contributed by atoms with Crippen molar-refractivity contribution in [1.29, 1.82) is 0 Å². The second kappa shape index (κ2) is 11.3. The van der Waals surface area contributed by atoms with E-state index in [9.17, 15) is 9.59 Å². The van der Waals surface area contributed by atoms with Gasteiger partial charge in [0.1, 0.15) is 12.6 Å². The molecule has 0 aliphatic heterocycles. The fourth-order valence-electron chi connectivity index (χ4n) is 4.89. The first kappa shape index (κ1) is 25.8. The molecule has 1 aliphatic rings. The van der Waals surface area contributed by atoms with Crippen LogP contribution in [0, 0.1) is 20.8 Å². The number of carbonyl (C=O) groups is 2. The van der Waals surface area contributed by atoms with E-state index in [1.165, 1.54) is 16.1 Å². The summed E-state index contributed by atoms with van der Waals surface area (Å²) in [6.07, 6.45) is 4.14. The highest BCUT2D eigenvalue weighted by atomic mass is 32.1. The Balaban J connectivity index is 1.50. The lowest BCUT2D eigenvalue weighted by atomic mass is 10.1. The normalized spacial score (nSPS) is 14.4. The molecule has 1 N–H and O–H groups in total. The average molecular weight is 529 g/mol. The van der Waals surface area contributed by atoms with Crippen LogP contribution in [0.3, 0.4) is 0 Å². The SMILES string of the molecule is Cc1ccc(-c2nnn(CC(=O)N(c3cc(C)ccc3C)C(C(=O)NC3CCCC3)c3cccs3)n2)cc1.